The molecule has 0 aliphatic heterocycles. The van der Waals surface area contributed by atoms with Crippen LogP contribution in [-0.2, 0) is 11.3 Å². The highest BCUT2D eigenvalue weighted by molar-refractivity contribution is 5.89. The fraction of sp³-hybridized carbons (Fsp3) is 0.0800. The SMILES string of the molecule is Cc1ccc(-c2nnc(COC(=O)c3ccc(-c4nnc(-c5ccccc5)o4)cc3)o2)cc1. The first-order valence-corrected chi connectivity index (χ1v) is 10.2. The summed E-state index contributed by atoms with van der Waals surface area (Å²) < 4.78 is 16.6. The quantitative estimate of drug-likeness (QED) is 0.337. The number of aryl methyl sites for hydroxylation is 1. The second-order valence-corrected chi connectivity index (χ2v) is 7.30. The number of hydrogen-bond acceptors (Lipinski definition) is 8. The van der Waals surface area contributed by atoms with Crippen LogP contribution in [0, 0.1) is 6.92 Å². The van der Waals surface area contributed by atoms with Gasteiger partial charge in [-0.15, -0.1) is 20.4 Å². The van der Waals surface area contributed by atoms with Gasteiger partial charge in [-0.1, -0.05) is 35.9 Å². The first-order valence-electron chi connectivity index (χ1n) is 10.2. The first kappa shape index (κ1) is 20.3. The van der Waals surface area contributed by atoms with Gasteiger partial charge in [0.2, 0.25) is 17.7 Å². The molecule has 0 radical (unpaired) electrons. The highest BCUT2D eigenvalue weighted by atomic mass is 16.5. The lowest BCUT2D eigenvalue weighted by Crippen LogP contribution is -2.05. The monoisotopic (exact) mass is 438 g/mol. The number of nitrogens with zero attached hydrogens (tertiary/aromatic N) is 4. The smallest absolute Gasteiger partial charge is 0.338 e. The Morgan fingerprint density at radius 3 is 1.91 bits per heavy atom. The van der Waals surface area contributed by atoms with Crippen LogP contribution in [0.5, 0.6) is 0 Å². The number of rotatable bonds is 6. The molecule has 0 aliphatic carbocycles. The van der Waals surface area contributed by atoms with Crippen molar-refractivity contribution in [3.05, 3.63) is 95.9 Å². The maximum absolute atomic E-state index is 12.4. The van der Waals surface area contributed by atoms with Crippen LogP contribution >= 0.6 is 0 Å². The van der Waals surface area contributed by atoms with Crippen LogP contribution in [0.4, 0.5) is 0 Å². The molecule has 8 heteroatoms. The van der Waals surface area contributed by atoms with Gasteiger partial charge in [0.1, 0.15) is 0 Å². The summed E-state index contributed by atoms with van der Waals surface area (Å²) in [7, 11) is 0. The average molecular weight is 438 g/mol. The van der Waals surface area contributed by atoms with Crippen LogP contribution in [0.25, 0.3) is 34.4 Å². The minimum Gasteiger partial charge on any atom is -0.452 e. The van der Waals surface area contributed by atoms with Gasteiger partial charge in [-0.3, -0.25) is 0 Å². The Hall–Kier alpha value is -4.59. The number of benzene rings is 3. The van der Waals surface area contributed by atoms with E-state index >= 15 is 0 Å². The standard InChI is InChI=1S/C25H18N4O4/c1-16-7-9-18(10-8-16)22-27-26-21(32-22)15-31-25(30)20-13-11-19(12-14-20)24-29-28-23(33-24)17-5-3-2-4-6-17/h2-14H,15H2,1H3. The molecule has 0 bridgehead atoms. The molecule has 0 unspecified atom stereocenters. The Balaban J connectivity index is 1.22. The predicted octanol–water partition coefficient (Wildman–Crippen LogP) is 5.12. The topological polar surface area (TPSA) is 104 Å². The van der Waals surface area contributed by atoms with Crippen LogP contribution in [0.2, 0.25) is 0 Å². The summed E-state index contributed by atoms with van der Waals surface area (Å²) in [6.45, 7) is 1.88. The highest BCUT2D eigenvalue weighted by Crippen LogP contribution is 2.24. The van der Waals surface area contributed by atoms with Crippen LogP contribution in [-0.4, -0.2) is 26.4 Å². The van der Waals surface area contributed by atoms with Gasteiger partial charge in [0, 0.05) is 16.7 Å². The van der Waals surface area contributed by atoms with E-state index in [1.165, 1.54) is 0 Å². The lowest BCUT2D eigenvalue weighted by Gasteiger charge is -2.03. The molecule has 2 aromatic heterocycles. The van der Waals surface area contributed by atoms with Gasteiger partial charge < -0.3 is 13.6 Å². The van der Waals surface area contributed by atoms with Gasteiger partial charge >= 0.3 is 5.97 Å². The highest BCUT2D eigenvalue weighted by Gasteiger charge is 2.14. The molecule has 5 rings (SSSR count). The zero-order valence-corrected chi connectivity index (χ0v) is 17.6. The zero-order valence-electron chi connectivity index (χ0n) is 17.6. The third kappa shape index (κ3) is 4.54. The second-order valence-electron chi connectivity index (χ2n) is 7.30. The van der Waals surface area contributed by atoms with Gasteiger partial charge in [0.25, 0.3) is 5.89 Å². The first-order chi connectivity index (χ1) is 16.2. The van der Waals surface area contributed by atoms with E-state index in [4.69, 9.17) is 13.6 Å². The fourth-order valence-electron chi connectivity index (χ4n) is 3.12. The van der Waals surface area contributed by atoms with E-state index in [-0.39, 0.29) is 12.5 Å². The van der Waals surface area contributed by atoms with Crippen LogP contribution in [0.1, 0.15) is 21.8 Å². The van der Waals surface area contributed by atoms with Crippen molar-refractivity contribution in [1.29, 1.82) is 0 Å². The maximum atomic E-state index is 12.4. The van der Waals surface area contributed by atoms with E-state index in [2.05, 4.69) is 20.4 Å². The van der Waals surface area contributed by atoms with Crippen molar-refractivity contribution >= 4 is 5.97 Å². The van der Waals surface area contributed by atoms with Gasteiger partial charge in [0.05, 0.1) is 5.56 Å². The Kier molecular flexibility index (Phi) is 5.47. The number of esters is 1. The molecule has 33 heavy (non-hydrogen) atoms. The molecule has 0 saturated heterocycles. The molecular weight excluding hydrogens is 420 g/mol. The Bertz CT molecular complexity index is 1370. The average Bonchev–Trinajstić information content (AvgIpc) is 3.54. The zero-order chi connectivity index (χ0) is 22.6. The minimum absolute atomic E-state index is 0.121. The molecule has 0 aliphatic rings. The number of carbonyl (C=O) groups excluding carboxylic acids is 1. The van der Waals surface area contributed by atoms with Crippen LogP contribution in [0.15, 0.2) is 87.7 Å². The number of carbonyl (C=O) groups is 1. The van der Waals surface area contributed by atoms with Crippen molar-refractivity contribution in [2.75, 3.05) is 0 Å². The van der Waals surface area contributed by atoms with Gasteiger partial charge in [-0.2, -0.15) is 0 Å². The lowest BCUT2D eigenvalue weighted by atomic mass is 10.1. The summed E-state index contributed by atoms with van der Waals surface area (Å²) in [5, 5.41) is 16.1. The largest absolute Gasteiger partial charge is 0.452 e. The Morgan fingerprint density at radius 2 is 1.24 bits per heavy atom. The molecule has 0 fully saturated rings. The summed E-state index contributed by atoms with van der Waals surface area (Å²) in [4.78, 5) is 12.4. The van der Waals surface area contributed by atoms with Crippen LogP contribution < -0.4 is 0 Å². The Morgan fingerprint density at radius 1 is 0.697 bits per heavy atom. The molecular formula is C25H18N4O4. The predicted molar refractivity (Wildman–Crippen MR) is 119 cm³/mol. The molecule has 0 N–H and O–H groups in total. The number of aromatic nitrogens is 4. The summed E-state index contributed by atoms with van der Waals surface area (Å²) in [5.41, 5.74) is 3.84. The fourth-order valence-corrected chi connectivity index (χ4v) is 3.12. The van der Waals surface area contributed by atoms with E-state index in [1.54, 1.807) is 24.3 Å². The van der Waals surface area contributed by atoms with E-state index < -0.39 is 5.97 Å². The molecule has 3 aromatic carbocycles. The summed E-state index contributed by atoms with van der Waals surface area (Å²) in [6.07, 6.45) is 0. The summed E-state index contributed by atoms with van der Waals surface area (Å²) >= 11 is 0. The lowest BCUT2D eigenvalue weighted by molar-refractivity contribution is 0.0438. The normalized spacial score (nSPS) is 10.8. The Labute approximate surface area is 188 Å². The van der Waals surface area contributed by atoms with Crippen molar-refractivity contribution < 1.29 is 18.4 Å². The van der Waals surface area contributed by atoms with Crippen molar-refractivity contribution in [3.8, 4) is 34.4 Å². The second kappa shape index (κ2) is 8.88. The number of hydrogen-bond donors (Lipinski definition) is 0. The van der Waals surface area contributed by atoms with Crippen molar-refractivity contribution in [2.24, 2.45) is 0 Å². The molecule has 2 heterocycles. The molecule has 0 saturated carbocycles. The molecule has 0 spiro atoms. The third-order valence-electron chi connectivity index (χ3n) is 4.91. The molecule has 162 valence electrons. The molecule has 0 atom stereocenters. The maximum Gasteiger partial charge on any atom is 0.338 e. The van der Waals surface area contributed by atoms with E-state index in [9.17, 15) is 4.79 Å². The van der Waals surface area contributed by atoms with E-state index in [0.717, 1.165) is 16.7 Å². The molecule has 8 nitrogen and oxygen atoms in total. The van der Waals surface area contributed by atoms with Crippen molar-refractivity contribution in [2.45, 2.75) is 13.5 Å². The summed E-state index contributed by atoms with van der Waals surface area (Å²) in [6, 6.07) is 23.9. The molecule has 0 amide bonds. The minimum atomic E-state index is -0.507. The molecule has 5 aromatic rings. The number of ether oxygens (including phenoxy) is 1. The third-order valence-corrected chi connectivity index (χ3v) is 4.91. The van der Waals surface area contributed by atoms with Gasteiger partial charge in [-0.05, 0) is 55.5 Å². The van der Waals surface area contributed by atoms with Gasteiger partial charge in [-0.25, -0.2) is 4.79 Å². The van der Waals surface area contributed by atoms with E-state index in [1.807, 2.05) is 61.5 Å². The van der Waals surface area contributed by atoms with Crippen molar-refractivity contribution in [1.82, 2.24) is 20.4 Å². The van der Waals surface area contributed by atoms with Gasteiger partial charge in [0.15, 0.2) is 6.61 Å². The summed E-state index contributed by atoms with van der Waals surface area (Å²) in [5.74, 6) is 0.878. The van der Waals surface area contributed by atoms with Crippen molar-refractivity contribution in [3.63, 3.8) is 0 Å². The van der Waals surface area contributed by atoms with E-state index in [0.29, 0.717) is 28.8 Å². The van der Waals surface area contributed by atoms with Crippen LogP contribution in [0.3, 0.4) is 0 Å².